The minimum Gasteiger partial charge on any atom is -0.164 e. The summed E-state index contributed by atoms with van der Waals surface area (Å²) in [6.07, 6.45) is 36.3. The molecule has 0 unspecified atom stereocenters. The van der Waals surface area contributed by atoms with Gasteiger partial charge in [-0.15, -0.1) is 69.1 Å². The van der Waals surface area contributed by atoms with Gasteiger partial charge in [0.05, 0.1) is 0 Å². The van der Waals surface area contributed by atoms with Crippen LogP contribution in [0, 0.1) is 46.3 Å². The van der Waals surface area contributed by atoms with Crippen molar-refractivity contribution in [3.8, 4) is 22.3 Å². The molecule has 0 N–H and O–H groups in total. The molecule has 0 spiro atoms. The van der Waals surface area contributed by atoms with Gasteiger partial charge in [0.2, 0.25) is 0 Å². The average Bonchev–Trinajstić information content (AvgIpc) is 4.00. The molecule has 6 aromatic carbocycles. The van der Waals surface area contributed by atoms with Gasteiger partial charge in [-0.25, -0.2) is 0 Å². The van der Waals surface area contributed by atoms with Crippen LogP contribution < -0.4 is 0 Å². The van der Waals surface area contributed by atoms with Crippen LogP contribution in [0.1, 0.15) is 189 Å². The van der Waals surface area contributed by atoms with E-state index in [1.54, 1.807) is 60.8 Å². The molecule has 10 aliphatic rings. The third kappa shape index (κ3) is 11.8. The summed E-state index contributed by atoms with van der Waals surface area (Å²) in [6.45, 7) is 4.46. The smallest absolute Gasteiger partial charge is 0.0162 e. The maximum Gasteiger partial charge on any atom is -0.0162 e. The fraction of sp³-hybridized carbons (Fsp3) is 0.559. The molecule has 0 nitrogen and oxygen atoms in total. The Morgan fingerprint density at radius 1 is 0.500 bits per heavy atom. The van der Waals surface area contributed by atoms with Crippen molar-refractivity contribution in [3.05, 3.63) is 131 Å². The molecular weight excluding hydrogens is 1010 g/mol. The van der Waals surface area contributed by atoms with Crippen LogP contribution in [-0.4, -0.2) is 9.52 Å². The van der Waals surface area contributed by atoms with Gasteiger partial charge in [-0.3, -0.25) is 0 Å². The predicted octanol–water partition coefficient (Wildman–Crippen LogP) is 21.0. The quantitative estimate of drug-likeness (QED) is 0.0947. The van der Waals surface area contributed by atoms with Crippen molar-refractivity contribution in [1.82, 2.24) is 0 Å². The number of hydrogen-bond donors (Lipinski definition) is 0. The van der Waals surface area contributed by atoms with E-state index >= 15 is 0 Å². The van der Waals surface area contributed by atoms with Crippen molar-refractivity contribution in [2.75, 3.05) is 0 Å². The van der Waals surface area contributed by atoms with Gasteiger partial charge in [-0.05, 0) is 196 Å². The third-order valence-electron chi connectivity index (χ3n) is 20.2. The number of fused-ring (bicyclic) bond motifs is 2. The first-order valence-electron chi connectivity index (χ1n) is 29.5. The molecule has 10 aliphatic carbocycles. The molecule has 10 saturated carbocycles. The summed E-state index contributed by atoms with van der Waals surface area (Å²) in [6, 6.07) is 44.7. The first-order valence-corrected chi connectivity index (χ1v) is 37.5. The molecule has 72 heavy (non-hydrogen) atoms. The Hall–Kier alpha value is -2.22. The first kappa shape index (κ1) is 51.9. The molecule has 0 aliphatic heterocycles. The zero-order valence-corrected chi connectivity index (χ0v) is 49.1. The topological polar surface area (TPSA) is 0 Å². The van der Waals surface area contributed by atoms with Crippen LogP contribution >= 0.6 is 17.0 Å². The number of halogens is 2. The van der Waals surface area contributed by atoms with Crippen molar-refractivity contribution in [2.45, 2.75) is 192 Å². The molecule has 4 heteroatoms. The Balaban J connectivity index is 0.000000136. The Morgan fingerprint density at radius 2 is 0.847 bits per heavy atom. The summed E-state index contributed by atoms with van der Waals surface area (Å²) in [5.41, 5.74) is 13.2. The second kappa shape index (κ2) is 23.6. The Bertz CT molecular complexity index is 2420. The standard InChI is InChI=1S/2C32H37.C4H10Si.2ClH.Zr/c2*1-2-5-26(6-3-1)27-9-11-28(12-10-27)30-8-4-7-29-16-25(17-31(29)30)21-32-18-22-13-23(19-32)15-24(14-22)20-32;1-3-4-5-2;;;/h2*4,7-12,16-17,22-24,26H,1-3,5-6,13-15,18-21H2;3-4H2,1-2H3;2*1H;/q2*-1;;;;+4/p-2. The minimum absolute atomic E-state index is 0.626. The van der Waals surface area contributed by atoms with Crippen molar-refractivity contribution < 1.29 is 20.8 Å². The zero-order valence-electron chi connectivity index (χ0n) is 44.2. The second-order valence-electron chi connectivity index (χ2n) is 25.6. The summed E-state index contributed by atoms with van der Waals surface area (Å²) in [7, 11) is 11.0. The number of rotatable bonds is 10. The molecule has 378 valence electrons. The monoisotopic (exact) mass is 1090 g/mol. The van der Waals surface area contributed by atoms with Crippen LogP contribution in [0.25, 0.3) is 43.8 Å². The van der Waals surface area contributed by atoms with Gasteiger partial charge in [-0.2, -0.15) is 12.1 Å². The van der Waals surface area contributed by atoms with E-state index in [0.29, 0.717) is 10.8 Å². The largest absolute Gasteiger partial charge is 0.164 e. The van der Waals surface area contributed by atoms with Crippen LogP contribution in [0.4, 0.5) is 0 Å². The Morgan fingerprint density at radius 3 is 1.15 bits per heavy atom. The van der Waals surface area contributed by atoms with Crippen LogP contribution in [-0.2, 0) is 33.7 Å². The summed E-state index contributed by atoms with van der Waals surface area (Å²) >= 11 is -0.826. The van der Waals surface area contributed by atoms with Crippen molar-refractivity contribution in [2.24, 2.45) is 46.3 Å². The third-order valence-corrected chi connectivity index (χ3v) is 21.2. The van der Waals surface area contributed by atoms with Gasteiger partial charge in [0.25, 0.3) is 0 Å². The summed E-state index contributed by atoms with van der Waals surface area (Å²) in [5.74, 6) is 7.85. The molecule has 8 bridgehead atoms. The fourth-order valence-corrected chi connectivity index (χ4v) is 18.7. The summed E-state index contributed by atoms with van der Waals surface area (Å²) in [5, 5.41) is 5.83. The van der Waals surface area contributed by atoms with Crippen LogP contribution in [0.2, 0.25) is 12.6 Å². The van der Waals surface area contributed by atoms with Gasteiger partial charge < -0.3 is 0 Å². The van der Waals surface area contributed by atoms with Gasteiger partial charge in [-0.1, -0.05) is 136 Å². The van der Waals surface area contributed by atoms with E-state index < -0.39 is 20.8 Å². The van der Waals surface area contributed by atoms with E-state index in [4.69, 9.17) is 17.0 Å². The first-order chi connectivity index (χ1) is 35.3. The van der Waals surface area contributed by atoms with E-state index in [-0.39, 0.29) is 0 Å². The van der Waals surface area contributed by atoms with Gasteiger partial charge in [0.15, 0.2) is 0 Å². The van der Waals surface area contributed by atoms with E-state index in [9.17, 15) is 0 Å². The maximum absolute atomic E-state index is 4.93. The van der Waals surface area contributed by atoms with Crippen LogP contribution in [0.3, 0.4) is 0 Å². The SMILES string of the molecule is CCC[Si]C.[Cl][Zr+2][Cl].c1cc(-c2ccc(C3CCCCC3)cc2)c2cc(CC34CC5CC(CC(C5)C3)C4)[cH-]c2c1.c1cc(-c2ccc(C3CCCCC3)cc2)c2cc(CC34CC5CC(CC(C5)C3)C4)[cH-]c2c1. The zero-order chi connectivity index (χ0) is 49.1. The average molecular weight is 1090 g/mol. The fourth-order valence-electron chi connectivity index (χ4n) is 18.2. The van der Waals surface area contributed by atoms with E-state index in [1.165, 1.54) is 172 Å². The van der Waals surface area contributed by atoms with Crippen molar-refractivity contribution in [3.63, 3.8) is 0 Å². The van der Waals surface area contributed by atoms with Crippen molar-refractivity contribution in [1.29, 1.82) is 0 Å². The van der Waals surface area contributed by atoms with Crippen LogP contribution in [0.15, 0.2) is 109 Å². The van der Waals surface area contributed by atoms with Crippen LogP contribution in [0.5, 0.6) is 0 Å². The molecule has 0 amide bonds. The van der Waals surface area contributed by atoms with Gasteiger partial charge in [0.1, 0.15) is 0 Å². The number of benzene rings is 4. The molecule has 10 fully saturated rings. The van der Waals surface area contributed by atoms with E-state index in [2.05, 4.69) is 123 Å². The second-order valence-corrected chi connectivity index (χ2v) is 30.6. The molecule has 0 aromatic heterocycles. The summed E-state index contributed by atoms with van der Waals surface area (Å²) in [4.78, 5) is 0. The minimum atomic E-state index is -0.826. The molecular formula is C68H84Cl2SiZr. The molecule has 2 radical (unpaired) electrons. The van der Waals surface area contributed by atoms with Gasteiger partial charge in [0, 0.05) is 9.52 Å². The molecule has 6 aromatic rings. The molecule has 0 heterocycles. The van der Waals surface area contributed by atoms with Gasteiger partial charge >= 0.3 is 37.9 Å². The Labute approximate surface area is 457 Å². The van der Waals surface area contributed by atoms with E-state index in [1.807, 2.05) is 0 Å². The summed E-state index contributed by atoms with van der Waals surface area (Å²) < 4.78 is 0. The van der Waals surface area contributed by atoms with Crippen molar-refractivity contribution >= 4 is 48.1 Å². The molecule has 0 saturated heterocycles. The maximum atomic E-state index is 4.93. The molecule has 16 rings (SSSR count). The van der Waals surface area contributed by atoms with E-state index in [0.717, 1.165) is 56.9 Å². The normalized spacial score (nSPS) is 29.2. The molecule has 0 atom stereocenters. The predicted molar refractivity (Wildman–Crippen MR) is 309 cm³/mol. The number of hydrogen-bond acceptors (Lipinski definition) is 0. The Kier molecular flexibility index (Phi) is 17.0.